The van der Waals surface area contributed by atoms with Gasteiger partial charge in [0.05, 0.1) is 0 Å². The molecule has 0 saturated carbocycles. The zero-order valence-corrected chi connectivity index (χ0v) is 37.6. The average Bonchev–Trinajstić information content (AvgIpc) is 3.43. The molecule has 0 radical (unpaired) electrons. The molecule has 0 spiro atoms. The van der Waals surface area contributed by atoms with E-state index in [2.05, 4.69) is 279 Å². The van der Waals surface area contributed by atoms with Crippen LogP contribution in [0.4, 0.5) is 0 Å². The Hall–Kier alpha value is -8.84. The van der Waals surface area contributed by atoms with Gasteiger partial charge in [-0.15, -0.1) is 0 Å². The number of fused-ring (bicyclic) bond motifs is 2. The number of benzene rings is 12. The molecule has 0 nitrogen and oxygen atoms in total. The van der Waals surface area contributed by atoms with Crippen molar-refractivity contribution in [1.29, 1.82) is 0 Å². The normalized spacial score (nSPS) is 11.2. The molecule has 0 aliphatic rings. The third-order valence-electron chi connectivity index (χ3n) is 13.4. The Labute approximate surface area is 398 Å². The first-order chi connectivity index (χ1) is 33.8. The van der Waals surface area contributed by atoms with Gasteiger partial charge in [0.1, 0.15) is 0 Å². The SMILES string of the molecule is c1ccc(-c2c(-c3ccccc3)c(-c3ccccc3)c3cc(-c4ccc5c(-c6ccccc6)c(-c6ccccc6)c(-c6ccccc6)c(-c6ccccc6)c5c4)ccc3c2-c2ccccc2)cc1. The zero-order chi connectivity index (χ0) is 45.2. The second-order valence-corrected chi connectivity index (χ2v) is 17.4. The van der Waals surface area contributed by atoms with Gasteiger partial charge in [-0.2, -0.15) is 0 Å². The Morgan fingerprint density at radius 1 is 0.118 bits per heavy atom. The molecular weight excluding hydrogens is 817 g/mol. The molecule has 0 N–H and O–H groups in total. The summed E-state index contributed by atoms with van der Waals surface area (Å²) in [6, 6.07) is 102. The van der Waals surface area contributed by atoms with Gasteiger partial charge in [-0.25, -0.2) is 0 Å². The highest BCUT2D eigenvalue weighted by Crippen LogP contribution is 2.54. The maximum atomic E-state index is 2.46. The minimum Gasteiger partial charge on any atom is -0.0622 e. The van der Waals surface area contributed by atoms with Gasteiger partial charge in [-0.05, 0) is 134 Å². The molecule has 0 heteroatoms. The fourth-order valence-corrected chi connectivity index (χ4v) is 10.5. The van der Waals surface area contributed by atoms with Crippen molar-refractivity contribution in [2.45, 2.75) is 0 Å². The minimum absolute atomic E-state index is 1.16. The van der Waals surface area contributed by atoms with Crippen LogP contribution in [-0.4, -0.2) is 0 Å². The molecule has 0 saturated heterocycles. The van der Waals surface area contributed by atoms with E-state index in [9.17, 15) is 0 Å². The lowest BCUT2D eigenvalue weighted by Gasteiger charge is -2.25. The van der Waals surface area contributed by atoms with Crippen LogP contribution in [0.5, 0.6) is 0 Å². The first-order valence-electron chi connectivity index (χ1n) is 23.5. The summed E-state index contributed by atoms with van der Waals surface area (Å²) in [6.07, 6.45) is 0. The predicted octanol–water partition coefficient (Wildman–Crippen LogP) is 19.0. The third kappa shape index (κ3) is 7.30. The van der Waals surface area contributed by atoms with E-state index < -0.39 is 0 Å². The first-order valence-corrected chi connectivity index (χ1v) is 23.5. The van der Waals surface area contributed by atoms with E-state index in [1.165, 1.54) is 111 Å². The van der Waals surface area contributed by atoms with Crippen molar-refractivity contribution in [3.63, 3.8) is 0 Å². The standard InChI is InChI=1S/C68H46/c1-9-25-47(26-10-1)61-57-43-41-55(45-59(57)63(49-29-13-3-14-30-49)67(53-37-21-7-22-38-53)65(61)51-33-17-5-18-34-51)56-42-44-58-60(46-56)64(50-31-15-4-16-32-50)68(54-39-23-8-24-40-54)66(52-35-19-6-20-36-52)62(58)48-27-11-2-12-28-48/h1-46H. The maximum Gasteiger partial charge on any atom is -0.00141 e. The van der Waals surface area contributed by atoms with Crippen LogP contribution >= 0.6 is 0 Å². The number of hydrogen-bond donors (Lipinski definition) is 0. The largest absolute Gasteiger partial charge is 0.0622 e. The Morgan fingerprint density at radius 2 is 0.294 bits per heavy atom. The van der Waals surface area contributed by atoms with Crippen LogP contribution in [0, 0.1) is 0 Å². The molecule has 68 heavy (non-hydrogen) atoms. The lowest BCUT2D eigenvalue weighted by molar-refractivity contribution is 1.56. The van der Waals surface area contributed by atoms with E-state index in [0.29, 0.717) is 0 Å². The molecule has 0 unspecified atom stereocenters. The summed E-state index contributed by atoms with van der Waals surface area (Å²) >= 11 is 0. The van der Waals surface area contributed by atoms with Gasteiger partial charge in [0.25, 0.3) is 0 Å². The third-order valence-corrected chi connectivity index (χ3v) is 13.4. The molecule has 12 rings (SSSR count). The minimum atomic E-state index is 1.16. The molecule has 0 fully saturated rings. The van der Waals surface area contributed by atoms with E-state index in [4.69, 9.17) is 0 Å². The summed E-state index contributed by atoms with van der Waals surface area (Å²) in [4.78, 5) is 0. The van der Waals surface area contributed by atoms with Crippen molar-refractivity contribution in [3.05, 3.63) is 279 Å². The second kappa shape index (κ2) is 17.9. The van der Waals surface area contributed by atoms with Crippen LogP contribution in [0.3, 0.4) is 0 Å². The molecule has 0 aliphatic heterocycles. The van der Waals surface area contributed by atoms with Crippen LogP contribution in [0.15, 0.2) is 279 Å². The lowest BCUT2D eigenvalue weighted by Crippen LogP contribution is -1.98. The number of rotatable bonds is 9. The molecule has 0 amide bonds. The van der Waals surface area contributed by atoms with Gasteiger partial charge in [0.15, 0.2) is 0 Å². The molecule has 12 aromatic rings. The fraction of sp³-hybridized carbons (Fsp3) is 0. The van der Waals surface area contributed by atoms with Crippen molar-refractivity contribution in [3.8, 4) is 100 Å². The molecule has 0 aromatic heterocycles. The van der Waals surface area contributed by atoms with E-state index in [0.717, 1.165) is 11.1 Å². The summed E-state index contributed by atoms with van der Waals surface area (Å²) in [5, 5.41) is 4.86. The second-order valence-electron chi connectivity index (χ2n) is 17.4. The fourth-order valence-electron chi connectivity index (χ4n) is 10.5. The molecule has 0 aliphatic carbocycles. The van der Waals surface area contributed by atoms with Crippen LogP contribution in [0.2, 0.25) is 0 Å². The van der Waals surface area contributed by atoms with Crippen molar-refractivity contribution in [1.82, 2.24) is 0 Å². The molecule has 12 aromatic carbocycles. The van der Waals surface area contributed by atoms with Gasteiger partial charge in [-0.3, -0.25) is 0 Å². The first kappa shape index (κ1) is 40.7. The van der Waals surface area contributed by atoms with Crippen LogP contribution in [-0.2, 0) is 0 Å². The van der Waals surface area contributed by atoms with Gasteiger partial charge < -0.3 is 0 Å². The Bertz CT molecular complexity index is 3450. The molecule has 0 atom stereocenters. The monoisotopic (exact) mass is 862 g/mol. The summed E-state index contributed by atoms with van der Waals surface area (Å²) in [5.41, 5.74) is 21.7. The van der Waals surface area contributed by atoms with E-state index in [1.807, 2.05) is 0 Å². The summed E-state index contributed by atoms with van der Waals surface area (Å²) in [5.74, 6) is 0. The van der Waals surface area contributed by atoms with Gasteiger partial charge in [0, 0.05) is 0 Å². The highest BCUT2D eigenvalue weighted by Gasteiger charge is 2.27. The molecule has 0 heterocycles. The molecule has 0 bridgehead atoms. The molecular formula is C68H46. The summed E-state index contributed by atoms with van der Waals surface area (Å²) in [7, 11) is 0. The van der Waals surface area contributed by atoms with Crippen molar-refractivity contribution in [2.75, 3.05) is 0 Å². The van der Waals surface area contributed by atoms with Gasteiger partial charge in [0.2, 0.25) is 0 Å². The zero-order valence-electron chi connectivity index (χ0n) is 37.6. The summed E-state index contributed by atoms with van der Waals surface area (Å²) < 4.78 is 0. The van der Waals surface area contributed by atoms with Gasteiger partial charge >= 0.3 is 0 Å². The Morgan fingerprint density at radius 3 is 0.500 bits per heavy atom. The highest BCUT2D eigenvalue weighted by atomic mass is 14.3. The van der Waals surface area contributed by atoms with E-state index in [1.54, 1.807) is 0 Å². The maximum absolute atomic E-state index is 2.46. The van der Waals surface area contributed by atoms with E-state index >= 15 is 0 Å². The number of hydrogen-bond acceptors (Lipinski definition) is 0. The Balaban J connectivity index is 1.22. The van der Waals surface area contributed by atoms with E-state index in [-0.39, 0.29) is 0 Å². The topological polar surface area (TPSA) is 0 Å². The average molecular weight is 863 g/mol. The smallest absolute Gasteiger partial charge is 0.00141 e. The quantitative estimate of drug-likeness (QED) is 0.136. The van der Waals surface area contributed by atoms with Crippen LogP contribution in [0.25, 0.3) is 122 Å². The van der Waals surface area contributed by atoms with Crippen molar-refractivity contribution < 1.29 is 0 Å². The van der Waals surface area contributed by atoms with Crippen molar-refractivity contribution in [2.24, 2.45) is 0 Å². The molecule has 318 valence electrons. The van der Waals surface area contributed by atoms with Crippen molar-refractivity contribution >= 4 is 21.5 Å². The van der Waals surface area contributed by atoms with Crippen LogP contribution in [0.1, 0.15) is 0 Å². The van der Waals surface area contributed by atoms with Gasteiger partial charge in [-0.1, -0.05) is 267 Å². The summed E-state index contributed by atoms with van der Waals surface area (Å²) in [6.45, 7) is 0. The van der Waals surface area contributed by atoms with Crippen LogP contribution < -0.4 is 0 Å². The Kier molecular flexibility index (Phi) is 10.7. The predicted molar refractivity (Wildman–Crippen MR) is 290 cm³/mol. The highest BCUT2D eigenvalue weighted by molar-refractivity contribution is 6.21. The lowest BCUT2D eigenvalue weighted by atomic mass is 9.77.